The molecule has 3 rings (SSSR count). The molecule has 4 nitrogen and oxygen atoms in total. The van der Waals surface area contributed by atoms with Crippen molar-refractivity contribution in [1.82, 2.24) is 15.5 Å². The highest BCUT2D eigenvalue weighted by Gasteiger charge is 2.29. The van der Waals surface area contributed by atoms with Crippen LogP contribution in [-0.2, 0) is 13.1 Å². The molecule has 0 spiro atoms. The van der Waals surface area contributed by atoms with Crippen molar-refractivity contribution < 1.29 is 0 Å². The second-order valence-electron chi connectivity index (χ2n) is 6.35. The molecular weight excluding hydrogens is 443 g/mol. The van der Waals surface area contributed by atoms with Crippen LogP contribution in [0.15, 0.2) is 52.8 Å². The molecule has 1 aliphatic heterocycles. The Hall–Kier alpha value is -1.12. The Kier molecular flexibility index (Phi) is 8.18. The number of thiophene rings is 1. The fourth-order valence-electron chi connectivity index (χ4n) is 3.21. The van der Waals surface area contributed by atoms with Crippen LogP contribution in [0.5, 0.6) is 0 Å². The third-order valence-electron chi connectivity index (χ3n) is 4.51. The first-order valence-electron chi connectivity index (χ1n) is 8.52. The zero-order valence-electron chi connectivity index (χ0n) is 14.8. The van der Waals surface area contributed by atoms with E-state index in [-0.39, 0.29) is 24.0 Å². The van der Waals surface area contributed by atoms with Crippen LogP contribution >= 0.6 is 35.3 Å². The lowest BCUT2D eigenvalue weighted by Crippen LogP contribution is -2.44. The summed E-state index contributed by atoms with van der Waals surface area (Å²) in [5.41, 5.74) is 1.38. The van der Waals surface area contributed by atoms with Crippen LogP contribution < -0.4 is 10.6 Å². The average Bonchev–Trinajstić information content (AvgIpc) is 3.23. The van der Waals surface area contributed by atoms with E-state index in [1.165, 1.54) is 10.4 Å². The SMILES string of the molecule is CN=C(NCc1cccs1)NC1CC(C)N(Cc2ccccc2)C1.I. The second kappa shape index (κ2) is 10.1. The van der Waals surface area contributed by atoms with Gasteiger partial charge in [0.15, 0.2) is 5.96 Å². The maximum Gasteiger partial charge on any atom is 0.191 e. The summed E-state index contributed by atoms with van der Waals surface area (Å²) >= 11 is 1.77. The summed E-state index contributed by atoms with van der Waals surface area (Å²) in [5, 5.41) is 9.09. The van der Waals surface area contributed by atoms with Crippen LogP contribution in [-0.4, -0.2) is 36.5 Å². The molecular formula is C19H27IN4S. The minimum Gasteiger partial charge on any atom is -0.352 e. The van der Waals surface area contributed by atoms with Crippen molar-refractivity contribution in [2.45, 2.75) is 38.5 Å². The van der Waals surface area contributed by atoms with Gasteiger partial charge in [-0.25, -0.2) is 0 Å². The van der Waals surface area contributed by atoms with E-state index in [1.807, 2.05) is 7.05 Å². The van der Waals surface area contributed by atoms with Crippen LogP contribution in [0.4, 0.5) is 0 Å². The van der Waals surface area contributed by atoms with Crippen molar-refractivity contribution in [2.75, 3.05) is 13.6 Å². The fourth-order valence-corrected chi connectivity index (χ4v) is 3.86. The standard InChI is InChI=1S/C19H26N4S.HI/c1-15-11-17(14-23(15)13-16-7-4-3-5-8-16)22-19(20-2)21-12-18-9-6-10-24-18;/h3-10,15,17H,11-14H2,1-2H3,(H2,20,21,22);1H. The van der Waals surface area contributed by atoms with Gasteiger partial charge in [0.2, 0.25) is 0 Å². The van der Waals surface area contributed by atoms with E-state index >= 15 is 0 Å². The maximum atomic E-state index is 4.37. The van der Waals surface area contributed by atoms with Gasteiger partial charge in [-0.05, 0) is 30.4 Å². The van der Waals surface area contributed by atoms with Gasteiger partial charge < -0.3 is 10.6 Å². The van der Waals surface area contributed by atoms with Crippen molar-refractivity contribution in [1.29, 1.82) is 0 Å². The average molecular weight is 470 g/mol. The molecule has 2 N–H and O–H groups in total. The highest BCUT2D eigenvalue weighted by Crippen LogP contribution is 2.20. The summed E-state index contributed by atoms with van der Waals surface area (Å²) in [6, 6.07) is 16.0. The molecule has 1 aromatic carbocycles. The number of likely N-dealkylation sites (tertiary alicyclic amines) is 1. The first-order chi connectivity index (χ1) is 11.7. The van der Waals surface area contributed by atoms with E-state index in [9.17, 15) is 0 Å². The lowest BCUT2D eigenvalue weighted by Gasteiger charge is -2.21. The molecule has 0 aliphatic carbocycles. The van der Waals surface area contributed by atoms with Crippen molar-refractivity contribution in [3.8, 4) is 0 Å². The van der Waals surface area contributed by atoms with Crippen LogP contribution in [0, 0.1) is 0 Å². The largest absolute Gasteiger partial charge is 0.352 e. The molecule has 1 aliphatic rings. The summed E-state index contributed by atoms with van der Waals surface area (Å²) in [5.74, 6) is 0.891. The van der Waals surface area contributed by atoms with Gasteiger partial charge in [-0.15, -0.1) is 35.3 Å². The van der Waals surface area contributed by atoms with Gasteiger partial charge in [0.25, 0.3) is 0 Å². The van der Waals surface area contributed by atoms with E-state index < -0.39 is 0 Å². The predicted molar refractivity (Wildman–Crippen MR) is 118 cm³/mol. The molecule has 1 aromatic heterocycles. The highest BCUT2D eigenvalue weighted by molar-refractivity contribution is 14.0. The van der Waals surface area contributed by atoms with Crippen molar-refractivity contribution in [2.24, 2.45) is 4.99 Å². The summed E-state index contributed by atoms with van der Waals surface area (Å²) < 4.78 is 0. The van der Waals surface area contributed by atoms with E-state index in [0.29, 0.717) is 12.1 Å². The van der Waals surface area contributed by atoms with Crippen LogP contribution in [0.3, 0.4) is 0 Å². The number of benzene rings is 1. The van der Waals surface area contributed by atoms with E-state index in [2.05, 4.69) is 75.3 Å². The number of hydrogen-bond acceptors (Lipinski definition) is 3. The minimum atomic E-state index is 0. The van der Waals surface area contributed by atoms with Crippen LogP contribution in [0.25, 0.3) is 0 Å². The number of aliphatic imine (C=N–C) groups is 1. The Labute approximate surface area is 171 Å². The van der Waals surface area contributed by atoms with Gasteiger partial charge >= 0.3 is 0 Å². The molecule has 25 heavy (non-hydrogen) atoms. The monoisotopic (exact) mass is 470 g/mol. The summed E-state index contributed by atoms with van der Waals surface area (Å²) in [6.45, 7) is 5.21. The number of nitrogens with one attached hydrogen (secondary N) is 2. The highest BCUT2D eigenvalue weighted by atomic mass is 127. The van der Waals surface area contributed by atoms with Crippen molar-refractivity contribution >= 4 is 41.3 Å². The fraction of sp³-hybridized carbons (Fsp3) is 0.421. The zero-order valence-corrected chi connectivity index (χ0v) is 18.0. The molecule has 6 heteroatoms. The number of rotatable bonds is 5. The van der Waals surface area contributed by atoms with Gasteiger partial charge in [0.05, 0.1) is 6.54 Å². The molecule has 136 valence electrons. The number of nitrogens with zero attached hydrogens (tertiary/aromatic N) is 2. The normalized spacial score (nSPS) is 21.0. The molecule has 1 fully saturated rings. The summed E-state index contributed by atoms with van der Waals surface area (Å²) in [6.07, 6.45) is 1.15. The number of guanidine groups is 1. The maximum absolute atomic E-state index is 4.37. The number of hydrogen-bond donors (Lipinski definition) is 2. The Bertz CT molecular complexity index is 645. The molecule has 2 atom stereocenters. The Morgan fingerprint density at radius 2 is 2.04 bits per heavy atom. The minimum absolute atomic E-state index is 0. The Balaban J connectivity index is 0.00000225. The van der Waals surface area contributed by atoms with Gasteiger partial charge in [0.1, 0.15) is 0 Å². The second-order valence-corrected chi connectivity index (χ2v) is 7.38. The van der Waals surface area contributed by atoms with E-state index in [0.717, 1.165) is 32.0 Å². The predicted octanol–water partition coefficient (Wildman–Crippen LogP) is 3.69. The third kappa shape index (κ3) is 5.97. The summed E-state index contributed by atoms with van der Waals surface area (Å²) in [7, 11) is 1.84. The Morgan fingerprint density at radius 1 is 1.24 bits per heavy atom. The van der Waals surface area contributed by atoms with E-state index in [1.54, 1.807) is 11.3 Å². The van der Waals surface area contributed by atoms with Gasteiger partial charge in [-0.3, -0.25) is 9.89 Å². The lowest BCUT2D eigenvalue weighted by atomic mass is 10.2. The quantitative estimate of drug-likeness (QED) is 0.398. The Morgan fingerprint density at radius 3 is 2.72 bits per heavy atom. The lowest BCUT2D eigenvalue weighted by molar-refractivity contribution is 0.258. The molecule has 2 unspecified atom stereocenters. The molecule has 2 heterocycles. The van der Waals surface area contributed by atoms with Crippen molar-refractivity contribution in [3.63, 3.8) is 0 Å². The van der Waals surface area contributed by atoms with Crippen LogP contribution in [0.2, 0.25) is 0 Å². The molecule has 2 aromatic rings. The van der Waals surface area contributed by atoms with Gasteiger partial charge in [-0.1, -0.05) is 36.4 Å². The van der Waals surface area contributed by atoms with E-state index in [4.69, 9.17) is 0 Å². The zero-order chi connectivity index (χ0) is 16.8. The van der Waals surface area contributed by atoms with Crippen LogP contribution in [0.1, 0.15) is 23.8 Å². The molecule has 1 saturated heterocycles. The smallest absolute Gasteiger partial charge is 0.191 e. The molecule has 0 radical (unpaired) electrons. The first kappa shape index (κ1) is 20.2. The molecule has 0 bridgehead atoms. The molecule has 0 amide bonds. The topological polar surface area (TPSA) is 39.7 Å². The van der Waals surface area contributed by atoms with Crippen molar-refractivity contribution in [3.05, 3.63) is 58.3 Å². The first-order valence-corrected chi connectivity index (χ1v) is 9.40. The number of halogens is 1. The summed E-state index contributed by atoms with van der Waals surface area (Å²) in [4.78, 5) is 8.23. The molecule has 0 saturated carbocycles. The van der Waals surface area contributed by atoms with Gasteiger partial charge in [-0.2, -0.15) is 0 Å². The third-order valence-corrected chi connectivity index (χ3v) is 5.38. The van der Waals surface area contributed by atoms with Gasteiger partial charge in [0, 0.05) is 37.1 Å².